The Morgan fingerprint density at radius 3 is 2.44 bits per heavy atom. The van der Waals surface area contributed by atoms with E-state index in [1.165, 1.54) is 0 Å². The number of nitrogens with two attached hydrogens (primary N) is 1. The molecule has 0 aliphatic heterocycles. The standard InChI is InChI=1S/C11H13F4N/c1-7(4-5-16)9-6-8(11(13,14)15)2-3-10(9)12/h2-3,6-7H,4-5,16H2,1H3. The summed E-state index contributed by atoms with van der Waals surface area (Å²) in [6.07, 6.45) is -3.98. The third-order valence-corrected chi connectivity index (χ3v) is 2.45. The van der Waals surface area contributed by atoms with E-state index in [-0.39, 0.29) is 11.5 Å². The van der Waals surface area contributed by atoms with Gasteiger partial charge < -0.3 is 5.73 Å². The lowest BCUT2D eigenvalue weighted by Gasteiger charge is -2.14. The summed E-state index contributed by atoms with van der Waals surface area (Å²) >= 11 is 0. The van der Waals surface area contributed by atoms with Gasteiger partial charge in [0.2, 0.25) is 0 Å². The van der Waals surface area contributed by atoms with Gasteiger partial charge in [-0.2, -0.15) is 13.2 Å². The molecule has 1 aromatic carbocycles. The van der Waals surface area contributed by atoms with Gasteiger partial charge >= 0.3 is 6.18 Å². The van der Waals surface area contributed by atoms with Crippen LogP contribution >= 0.6 is 0 Å². The van der Waals surface area contributed by atoms with Crippen LogP contribution in [0.1, 0.15) is 30.4 Å². The first-order valence-electron chi connectivity index (χ1n) is 4.93. The van der Waals surface area contributed by atoms with E-state index in [1.54, 1.807) is 6.92 Å². The zero-order valence-electron chi connectivity index (χ0n) is 8.81. The summed E-state index contributed by atoms with van der Waals surface area (Å²) in [6.45, 7) is 1.97. The molecule has 0 saturated heterocycles. The van der Waals surface area contributed by atoms with E-state index in [1.807, 2.05) is 0 Å². The number of alkyl halides is 3. The number of benzene rings is 1. The highest BCUT2D eigenvalue weighted by Gasteiger charge is 2.31. The molecule has 16 heavy (non-hydrogen) atoms. The molecule has 0 aliphatic carbocycles. The first kappa shape index (κ1) is 13.0. The van der Waals surface area contributed by atoms with Crippen LogP contribution in [0.3, 0.4) is 0 Å². The molecule has 0 aromatic heterocycles. The summed E-state index contributed by atoms with van der Waals surface area (Å²) in [4.78, 5) is 0. The van der Waals surface area contributed by atoms with E-state index >= 15 is 0 Å². The average molecular weight is 235 g/mol. The molecule has 90 valence electrons. The number of halogens is 4. The fourth-order valence-corrected chi connectivity index (χ4v) is 1.50. The van der Waals surface area contributed by atoms with E-state index in [0.29, 0.717) is 13.0 Å². The molecule has 0 bridgehead atoms. The van der Waals surface area contributed by atoms with Crippen LogP contribution in [0.15, 0.2) is 18.2 Å². The molecule has 1 unspecified atom stereocenters. The Hall–Kier alpha value is -1.10. The van der Waals surface area contributed by atoms with Crippen LogP contribution in [0.4, 0.5) is 17.6 Å². The van der Waals surface area contributed by atoms with Gasteiger partial charge in [0.05, 0.1) is 5.56 Å². The van der Waals surface area contributed by atoms with Crippen LogP contribution in [0, 0.1) is 5.82 Å². The molecular formula is C11H13F4N. The van der Waals surface area contributed by atoms with Gasteiger partial charge in [-0.25, -0.2) is 4.39 Å². The van der Waals surface area contributed by atoms with Crippen molar-refractivity contribution in [1.82, 2.24) is 0 Å². The molecule has 1 aromatic rings. The van der Waals surface area contributed by atoms with Crippen LogP contribution in [-0.2, 0) is 6.18 Å². The largest absolute Gasteiger partial charge is 0.416 e. The normalized spacial score (nSPS) is 13.9. The van der Waals surface area contributed by atoms with E-state index in [4.69, 9.17) is 5.73 Å². The summed E-state index contributed by atoms with van der Waals surface area (Å²) in [7, 11) is 0. The van der Waals surface area contributed by atoms with Crippen LogP contribution in [0.25, 0.3) is 0 Å². The fourth-order valence-electron chi connectivity index (χ4n) is 1.50. The minimum Gasteiger partial charge on any atom is -0.330 e. The van der Waals surface area contributed by atoms with Gasteiger partial charge in [-0.15, -0.1) is 0 Å². The quantitative estimate of drug-likeness (QED) is 0.799. The summed E-state index contributed by atoms with van der Waals surface area (Å²) < 4.78 is 50.5. The molecule has 0 saturated carbocycles. The maximum atomic E-state index is 13.3. The second-order valence-electron chi connectivity index (χ2n) is 3.71. The van der Waals surface area contributed by atoms with Gasteiger partial charge in [0.25, 0.3) is 0 Å². The van der Waals surface area contributed by atoms with Crippen molar-refractivity contribution in [3.8, 4) is 0 Å². The van der Waals surface area contributed by atoms with E-state index in [9.17, 15) is 17.6 Å². The minimum absolute atomic E-state index is 0.0697. The Morgan fingerprint density at radius 1 is 1.31 bits per heavy atom. The van der Waals surface area contributed by atoms with Crippen LogP contribution in [-0.4, -0.2) is 6.54 Å². The van der Waals surface area contributed by atoms with Crippen molar-refractivity contribution in [3.05, 3.63) is 35.1 Å². The lowest BCUT2D eigenvalue weighted by Crippen LogP contribution is -2.10. The first-order valence-corrected chi connectivity index (χ1v) is 4.93. The van der Waals surface area contributed by atoms with Crippen LogP contribution < -0.4 is 5.73 Å². The van der Waals surface area contributed by atoms with Gasteiger partial charge in [-0.3, -0.25) is 0 Å². The molecule has 1 nitrogen and oxygen atoms in total. The van der Waals surface area contributed by atoms with Crippen molar-refractivity contribution in [1.29, 1.82) is 0 Å². The molecule has 1 atom stereocenters. The summed E-state index contributed by atoms with van der Waals surface area (Å²) in [6, 6.07) is 2.45. The Morgan fingerprint density at radius 2 is 1.94 bits per heavy atom. The number of rotatable bonds is 3. The molecular weight excluding hydrogens is 222 g/mol. The highest BCUT2D eigenvalue weighted by Crippen LogP contribution is 2.32. The van der Waals surface area contributed by atoms with Crippen molar-refractivity contribution in [2.24, 2.45) is 5.73 Å². The molecule has 2 N–H and O–H groups in total. The molecule has 0 spiro atoms. The van der Waals surface area contributed by atoms with Crippen LogP contribution in [0.5, 0.6) is 0 Å². The lowest BCUT2D eigenvalue weighted by molar-refractivity contribution is -0.137. The Bertz CT molecular complexity index is 359. The second kappa shape index (κ2) is 4.82. The monoisotopic (exact) mass is 235 g/mol. The van der Waals surface area contributed by atoms with Gasteiger partial charge in [0.15, 0.2) is 0 Å². The zero-order valence-corrected chi connectivity index (χ0v) is 8.81. The molecule has 0 fully saturated rings. The predicted octanol–water partition coefficient (Wildman–Crippen LogP) is 3.30. The Balaban J connectivity index is 3.09. The average Bonchev–Trinajstić information content (AvgIpc) is 2.16. The molecule has 5 heteroatoms. The van der Waals surface area contributed by atoms with Gasteiger partial charge in [-0.05, 0) is 42.6 Å². The lowest BCUT2D eigenvalue weighted by atomic mass is 9.95. The van der Waals surface area contributed by atoms with Gasteiger partial charge in [0, 0.05) is 0 Å². The first-order chi connectivity index (χ1) is 7.36. The second-order valence-corrected chi connectivity index (χ2v) is 3.71. The Kier molecular flexibility index (Phi) is 3.91. The summed E-state index contributed by atoms with van der Waals surface area (Å²) in [5.41, 5.74) is 4.54. The van der Waals surface area contributed by atoms with Crippen LogP contribution in [0.2, 0.25) is 0 Å². The third kappa shape index (κ3) is 2.95. The minimum atomic E-state index is -4.44. The fraction of sp³-hybridized carbons (Fsp3) is 0.455. The molecule has 0 heterocycles. The maximum Gasteiger partial charge on any atom is 0.416 e. The number of hydrogen-bond donors (Lipinski definition) is 1. The van der Waals surface area contributed by atoms with Crippen molar-refractivity contribution in [2.75, 3.05) is 6.54 Å². The molecule has 1 rings (SSSR count). The van der Waals surface area contributed by atoms with E-state index in [2.05, 4.69) is 0 Å². The Labute approximate surface area is 91.3 Å². The van der Waals surface area contributed by atoms with Crippen molar-refractivity contribution >= 4 is 0 Å². The van der Waals surface area contributed by atoms with Crippen molar-refractivity contribution in [3.63, 3.8) is 0 Å². The topological polar surface area (TPSA) is 26.0 Å². The summed E-state index contributed by atoms with van der Waals surface area (Å²) in [5, 5.41) is 0. The zero-order chi connectivity index (χ0) is 12.3. The third-order valence-electron chi connectivity index (χ3n) is 2.45. The van der Waals surface area contributed by atoms with Crippen molar-refractivity contribution in [2.45, 2.75) is 25.4 Å². The molecule has 0 amide bonds. The highest BCUT2D eigenvalue weighted by atomic mass is 19.4. The van der Waals surface area contributed by atoms with E-state index in [0.717, 1.165) is 18.2 Å². The predicted molar refractivity (Wildman–Crippen MR) is 53.5 cm³/mol. The van der Waals surface area contributed by atoms with Gasteiger partial charge in [-0.1, -0.05) is 6.92 Å². The number of hydrogen-bond acceptors (Lipinski definition) is 1. The van der Waals surface area contributed by atoms with Gasteiger partial charge in [0.1, 0.15) is 5.82 Å². The smallest absolute Gasteiger partial charge is 0.330 e. The SMILES string of the molecule is CC(CCN)c1cc(C(F)(F)F)ccc1F. The highest BCUT2D eigenvalue weighted by molar-refractivity contribution is 5.29. The maximum absolute atomic E-state index is 13.3. The van der Waals surface area contributed by atoms with Crippen molar-refractivity contribution < 1.29 is 17.6 Å². The summed E-state index contributed by atoms with van der Waals surface area (Å²) in [5.74, 6) is -0.929. The molecule has 0 radical (unpaired) electrons. The molecule has 0 aliphatic rings. The van der Waals surface area contributed by atoms with E-state index < -0.39 is 17.6 Å².